The molecule has 0 radical (unpaired) electrons. The molecule has 23 heavy (non-hydrogen) atoms. The van der Waals surface area contributed by atoms with Gasteiger partial charge in [0, 0.05) is 17.3 Å². The van der Waals surface area contributed by atoms with Crippen molar-refractivity contribution in [1.82, 2.24) is 0 Å². The van der Waals surface area contributed by atoms with Crippen molar-refractivity contribution in [2.75, 3.05) is 4.90 Å². The normalized spacial score (nSPS) is 32.2. The number of para-hydroxylation sites is 1. The molecule has 0 aromatic heterocycles. The van der Waals surface area contributed by atoms with Gasteiger partial charge in [0.25, 0.3) is 0 Å². The number of hydrogen-bond donors (Lipinski definition) is 0. The number of fused-ring (bicyclic) bond motifs is 1. The van der Waals surface area contributed by atoms with E-state index in [0.717, 1.165) is 12.0 Å². The third kappa shape index (κ3) is 2.62. The topological polar surface area (TPSA) is 3.24 Å². The van der Waals surface area contributed by atoms with E-state index in [-0.39, 0.29) is 0 Å². The first-order valence-electron chi connectivity index (χ1n) is 9.88. The number of rotatable bonds is 1. The smallest absolute Gasteiger partial charge is 0.0523 e. The highest BCUT2D eigenvalue weighted by Crippen LogP contribution is 2.48. The van der Waals surface area contributed by atoms with Gasteiger partial charge in [-0.3, -0.25) is 0 Å². The Morgan fingerprint density at radius 1 is 0.870 bits per heavy atom. The van der Waals surface area contributed by atoms with Crippen LogP contribution >= 0.6 is 0 Å². The Hall–Kier alpha value is -1.24. The minimum absolute atomic E-state index is 0.575. The maximum absolute atomic E-state index is 2.79. The lowest BCUT2D eigenvalue weighted by Gasteiger charge is -2.37. The Morgan fingerprint density at radius 3 is 2.39 bits per heavy atom. The van der Waals surface area contributed by atoms with Crippen LogP contribution in [0.3, 0.4) is 0 Å². The van der Waals surface area contributed by atoms with Gasteiger partial charge in [0.15, 0.2) is 0 Å². The number of benzene rings is 1. The largest absolute Gasteiger partial charge is 0.361 e. The Bertz CT molecular complexity index is 594. The monoisotopic (exact) mass is 309 g/mol. The van der Waals surface area contributed by atoms with Gasteiger partial charge in [0.2, 0.25) is 0 Å². The zero-order valence-corrected chi connectivity index (χ0v) is 14.9. The van der Waals surface area contributed by atoms with Crippen molar-refractivity contribution in [1.29, 1.82) is 0 Å². The van der Waals surface area contributed by atoms with E-state index >= 15 is 0 Å². The lowest BCUT2D eigenvalue weighted by atomic mass is 9.80. The van der Waals surface area contributed by atoms with Gasteiger partial charge in [-0.15, -0.1) is 0 Å². The summed E-state index contributed by atoms with van der Waals surface area (Å²) in [4.78, 5) is 2.79. The van der Waals surface area contributed by atoms with E-state index in [1.165, 1.54) is 63.5 Å². The molecule has 1 aromatic rings. The predicted molar refractivity (Wildman–Crippen MR) is 99.8 cm³/mol. The zero-order chi connectivity index (χ0) is 15.8. The Morgan fingerprint density at radius 2 is 1.61 bits per heavy atom. The Balaban J connectivity index is 1.78. The van der Waals surface area contributed by atoms with Gasteiger partial charge >= 0.3 is 0 Å². The third-order valence-electron chi connectivity index (χ3n) is 6.55. The maximum atomic E-state index is 2.79. The van der Waals surface area contributed by atoms with Crippen LogP contribution in [-0.2, 0) is 0 Å². The standard InChI is InChI=1S/C22H31N/c1-16-10-6-7-13-19(16)22-17(2)23(18-11-4-3-5-12-18)21-15-9-8-14-20(21)22/h8-9,14-18H,3-7,10-13H2,1-2H3/b22-19+. The minimum Gasteiger partial charge on any atom is -0.361 e. The van der Waals surface area contributed by atoms with E-state index in [4.69, 9.17) is 0 Å². The van der Waals surface area contributed by atoms with Crippen molar-refractivity contribution in [2.45, 2.75) is 83.7 Å². The number of hydrogen-bond acceptors (Lipinski definition) is 1. The van der Waals surface area contributed by atoms with Gasteiger partial charge in [-0.2, -0.15) is 0 Å². The molecule has 1 heteroatoms. The molecule has 1 heterocycles. The summed E-state index contributed by atoms with van der Waals surface area (Å²) in [6, 6.07) is 10.6. The molecule has 1 aliphatic heterocycles. The van der Waals surface area contributed by atoms with E-state index in [9.17, 15) is 0 Å². The molecule has 2 aliphatic carbocycles. The molecule has 1 nitrogen and oxygen atoms in total. The van der Waals surface area contributed by atoms with Crippen molar-refractivity contribution in [2.24, 2.45) is 5.92 Å². The molecule has 124 valence electrons. The average Bonchev–Trinajstić information content (AvgIpc) is 2.88. The molecule has 2 fully saturated rings. The molecule has 2 saturated carbocycles. The molecule has 3 aliphatic rings. The Labute approximate surface area is 141 Å². The van der Waals surface area contributed by atoms with Crippen molar-refractivity contribution in [3.8, 4) is 0 Å². The second kappa shape index (κ2) is 6.34. The minimum atomic E-state index is 0.575. The maximum Gasteiger partial charge on any atom is 0.0523 e. The highest BCUT2D eigenvalue weighted by molar-refractivity contribution is 5.89. The summed E-state index contributed by atoms with van der Waals surface area (Å²) in [6.07, 6.45) is 12.6. The molecule has 0 saturated heterocycles. The third-order valence-corrected chi connectivity index (χ3v) is 6.55. The number of allylic oxidation sites excluding steroid dienone is 1. The summed E-state index contributed by atoms with van der Waals surface area (Å²) in [6.45, 7) is 4.93. The summed E-state index contributed by atoms with van der Waals surface area (Å²) < 4.78 is 0. The summed E-state index contributed by atoms with van der Waals surface area (Å²) in [5.41, 5.74) is 6.54. The SMILES string of the molecule is CC1CCCC/C1=C1\c2ccccc2N(C2CCCCC2)C1C. The average molecular weight is 309 g/mol. The van der Waals surface area contributed by atoms with Crippen LogP contribution in [0, 0.1) is 5.92 Å². The molecule has 0 spiro atoms. The summed E-state index contributed by atoms with van der Waals surface area (Å²) in [5, 5.41) is 0. The molecule has 4 rings (SSSR count). The molecule has 2 atom stereocenters. The lowest BCUT2D eigenvalue weighted by Crippen LogP contribution is -2.40. The first-order chi connectivity index (χ1) is 11.3. The first-order valence-corrected chi connectivity index (χ1v) is 9.88. The number of anilines is 1. The van der Waals surface area contributed by atoms with E-state index in [1.54, 1.807) is 16.7 Å². The van der Waals surface area contributed by atoms with Crippen LogP contribution < -0.4 is 4.90 Å². The fraction of sp³-hybridized carbons (Fsp3) is 0.636. The van der Waals surface area contributed by atoms with Crippen molar-refractivity contribution in [3.63, 3.8) is 0 Å². The quantitative estimate of drug-likeness (QED) is 0.597. The first kappa shape index (κ1) is 15.3. The summed E-state index contributed by atoms with van der Waals surface area (Å²) >= 11 is 0. The van der Waals surface area contributed by atoms with Gasteiger partial charge in [0.05, 0.1) is 6.04 Å². The van der Waals surface area contributed by atoms with Crippen LogP contribution in [-0.4, -0.2) is 12.1 Å². The second-order valence-corrected chi connectivity index (χ2v) is 7.98. The molecule has 0 amide bonds. The Kier molecular flexibility index (Phi) is 4.22. The van der Waals surface area contributed by atoms with Crippen molar-refractivity contribution in [3.05, 3.63) is 35.4 Å². The zero-order valence-electron chi connectivity index (χ0n) is 14.9. The van der Waals surface area contributed by atoms with Crippen LogP contribution in [0.2, 0.25) is 0 Å². The van der Waals surface area contributed by atoms with Crippen LogP contribution in [0.1, 0.15) is 77.2 Å². The van der Waals surface area contributed by atoms with Gasteiger partial charge in [-0.25, -0.2) is 0 Å². The highest BCUT2D eigenvalue weighted by Gasteiger charge is 2.37. The van der Waals surface area contributed by atoms with E-state index in [0.29, 0.717) is 6.04 Å². The van der Waals surface area contributed by atoms with Crippen LogP contribution in [0.4, 0.5) is 5.69 Å². The fourth-order valence-corrected chi connectivity index (χ4v) is 5.40. The highest BCUT2D eigenvalue weighted by atomic mass is 15.2. The van der Waals surface area contributed by atoms with Gasteiger partial charge < -0.3 is 4.90 Å². The van der Waals surface area contributed by atoms with E-state index < -0.39 is 0 Å². The van der Waals surface area contributed by atoms with Crippen LogP contribution in [0.5, 0.6) is 0 Å². The van der Waals surface area contributed by atoms with Crippen molar-refractivity contribution >= 4 is 11.3 Å². The fourth-order valence-electron chi connectivity index (χ4n) is 5.40. The summed E-state index contributed by atoms with van der Waals surface area (Å²) in [5.74, 6) is 0.778. The van der Waals surface area contributed by atoms with Crippen molar-refractivity contribution < 1.29 is 0 Å². The van der Waals surface area contributed by atoms with E-state index in [1.807, 2.05) is 0 Å². The van der Waals surface area contributed by atoms with E-state index in [2.05, 4.69) is 43.0 Å². The predicted octanol–water partition coefficient (Wildman–Crippen LogP) is 6.19. The lowest BCUT2D eigenvalue weighted by molar-refractivity contribution is 0.409. The van der Waals surface area contributed by atoms with Gasteiger partial charge in [0.1, 0.15) is 0 Å². The molecular formula is C22H31N. The molecule has 0 bridgehead atoms. The molecule has 1 aromatic carbocycles. The molecule has 0 N–H and O–H groups in total. The molecule has 2 unspecified atom stereocenters. The van der Waals surface area contributed by atoms with Crippen LogP contribution in [0.25, 0.3) is 5.57 Å². The van der Waals surface area contributed by atoms with Gasteiger partial charge in [-0.1, -0.05) is 56.4 Å². The van der Waals surface area contributed by atoms with Crippen LogP contribution in [0.15, 0.2) is 29.8 Å². The summed E-state index contributed by atoms with van der Waals surface area (Å²) in [7, 11) is 0. The van der Waals surface area contributed by atoms with Gasteiger partial charge in [-0.05, 0) is 56.6 Å². The number of nitrogens with zero attached hydrogens (tertiary/aromatic N) is 1. The second-order valence-electron chi connectivity index (χ2n) is 7.98. The molecular weight excluding hydrogens is 278 g/mol.